The van der Waals surface area contributed by atoms with Crippen molar-refractivity contribution in [1.82, 2.24) is 9.97 Å². The van der Waals surface area contributed by atoms with Crippen molar-refractivity contribution in [2.75, 3.05) is 4.90 Å². The van der Waals surface area contributed by atoms with Gasteiger partial charge in [0.1, 0.15) is 0 Å². The number of alkyl halides is 4. The van der Waals surface area contributed by atoms with Gasteiger partial charge in [0.15, 0.2) is 5.67 Å². The third kappa shape index (κ3) is 4.15. The van der Waals surface area contributed by atoms with Crippen molar-refractivity contribution in [1.29, 1.82) is 0 Å². The molecule has 2 heterocycles. The molecule has 7 heteroatoms. The second-order valence-electron chi connectivity index (χ2n) is 7.64. The first-order valence-corrected chi connectivity index (χ1v) is 10.1. The predicted molar refractivity (Wildman–Crippen MR) is 117 cm³/mol. The number of hydrogen-bond acceptors (Lipinski definition) is 3. The van der Waals surface area contributed by atoms with Crippen molar-refractivity contribution < 1.29 is 17.6 Å². The zero-order chi connectivity index (χ0) is 22.8. The van der Waals surface area contributed by atoms with Gasteiger partial charge < -0.3 is 4.90 Å². The molecule has 2 aromatic heterocycles. The van der Waals surface area contributed by atoms with Crippen LogP contribution in [0.1, 0.15) is 18.9 Å². The van der Waals surface area contributed by atoms with Gasteiger partial charge in [-0.2, -0.15) is 13.2 Å². The van der Waals surface area contributed by atoms with Crippen molar-refractivity contribution in [3.05, 3.63) is 103 Å². The molecule has 32 heavy (non-hydrogen) atoms. The van der Waals surface area contributed by atoms with Crippen LogP contribution < -0.4 is 4.90 Å². The number of pyridine rings is 2. The normalized spacial score (nSPS) is 19.7. The lowest BCUT2D eigenvalue weighted by Gasteiger charge is -2.43. The number of allylic oxidation sites excluding steroid dienone is 3. The zero-order valence-corrected chi connectivity index (χ0v) is 17.3. The van der Waals surface area contributed by atoms with Crippen LogP contribution in [0.3, 0.4) is 0 Å². The molecule has 0 aliphatic heterocycles. The Balaban J connectivity index is 1.86. The van der Waals surface area contributed by atoms with Gasteiger partial charge in [-0.3, -0.25) is 9.97 Å². The van der Waals surface area contributed by atoms with E-state index in [0.717, 1.165) is 6.08 Å². The van der Waals surface area contributed by atoms with Crippen LogP contribution in [-0.4, -0.2) is 27.9 Å². The molecule has 1 aliphatic carbocycles. The monoisotopic (exact) mass is 439 g/mol. The van der Waals surface area contributed by atoms with Crippen molar-refractivity contribution in [2.45, 2.75) is 31.2 Å². The van der Waals surface area contributed by atoms with Gasteiger partial charge in [0.25, 0.3) is 0 Å². The van der Waals surface area contributed by atoms with E-state index in [2.05, 4.69) is 9.97 Å². The largest absolute Gasteiger partial charge is 0.412 e. The second-order valence-corrected chi connectivity index (χ2v) is 7.64. The number of hydrogen-bond donors (Lipinski definition) is 0. The zero-order valence-electron chi connectivity index (χ0n) is 17.3. The summed E-state index contributed by atoms with van der Waals surface area (Å²) in [4.78, 5) is 9.89. The maximum absolute atomic E-state index is 17.0. The van der Waals surface area contributed by atoms with E-state index < -0.39 is 29.9 Å². The Morgan fingerprint density at radius 3 is 1.97 bits per heavy atom. The molecule has 0 amide bonds. The Bertz CT molecular complexity index is 1070. The van der Waals surface area contributed by atoms with Crippen LogP contribution >= 0.6 is 0 Å². The van der Waals surface area contributed by atoms with Crippen LogP contribution in [0.4, 0.5) is 28.9 Å². The molecule has 2 atom stereocenters. The smallest absolute Gasteiger partial charge is 0.333 e. The molecule has 0 saturated carbocycles. The average Bonchev–Trinajstić information content (AvgIpc) is 2.80. The number of halogens is 4. The summed E-state index contributed by atoms with van der Waals surface area (Å²) in [6, 6.07) is 14.6. The van der Waals surface area contributed by atoms with E-state index in [9.17, 15) is 13.2 Å². The van der Waals surface area contributed by atoms with Crippen molar-refractivity contribution in [3.63, 3.8) is 0 Å². The molecule has 0 saturated heterocycles. The first-order chi connectivity index (χ1) is 15.3. The molecule has 0 radical (unpaired) electrons. The highest BCUT2D eigenvalue weighted by Gasteiger charge is 2.50. The summed E-state index contributed by atoms with van der Waals surface area (Å²) in [5.41, 5.74) is -1.38. The Morgan fingerprint density at radius 2 is 1.47 bits per heavy atom. The fourth-order valence-corrected chi connectivity index (χ4v) is 4.07. The predicted octanol–water partition coefficient (Wildman–Crippen LogP) is 6.69. The van der Waals surface area contributed by atoms with Crippen LogP contribution in [0.2, 0.25) is 0 Å². The van der Waals surface area contributed by atoms with Gasteiger partial charge in [-0.1, -0.05) is 42.5 Å². The van der Waals surface area contributed by atoms with E-state index in [-0.39, 0.29) is 5.57 Å². The molecular formula is C25H21F4N3. The van der Waals surface area contributed by atoms with Crippen LogP contribution in [0.25, 0.3) is 5.57 Å². The highest BCUT2D eigenvalue weighted by Crippen LogP contribution is 2.48. The summed E-state index contributed by atoms with van der Waals surface area (Å²) >= 11 is 0. The molecule has 0 spiro atoms. The molecule has 164 valence electrons. The summed E-state index contributed by atoms with van der Waals surface area (Å²) in [6.45, 7) is 1.59. The van der Waals surface area contributed by atoms with E-state index in [4.69, 9.17) is 0 Å². The standard InChI is InChI=1S/C25H21F4N3/c1-18(32(21-9-5-13-30-16-21)22-10-6-14-31-17-22)24(26)15-20(25(27,28)29)11-12-23(24)19-7-3-2-4-8-19/h2-14,16-18H,15H2,1H3. The number of nitrogens with zero attached hydrogens (tertiary/aromatic N) is 3. The molecule has 1 aliphatic rings. The molecule has 2 unspecified atom stereocenters. The Morgan fingerprint density at radius 1 is 0.875 bits per heavy atom. The van der Waals surface area contributed by atoms with Gasteiger partial charge in [-0.25, -0.2) is 4.39 Å². The highest BCUT2D eigenvalue weighted by molar-refractivity contribution is 5.78. The Hall–Kier alpha value is -3.48. The third-order valence-corrected chi connectivity index (χ3v) is 5.69. The molecule has 3 aromatic rings. The Kier molecular flexibility index (Phi) is 5.82. The maximum atomic E-state index is 17.0. The van der Waals surface area contributed by atoms with Gasteiger partial charge >= 0.3 is 6.18 Å². The number of aromatic nitrogens is 2. The first-order valence-electron chi connectivity index (χ1n) is 10.1. The maximum Gasteiger partial charge on any atom is 0.412 e. The third-order valence-electron chi connectivity index (χ3n) is 5.69. The van der Waals surface area contributed by atoms with Gasteiger partial charge in [0.05, 0.1) is 29.8 Å². The van der Waals surface area contributed by atoms with E-state index in [1.54, 1.807) is 91.2 Å². The van der Waals surface area contributed by atoms with Gasteiger partial charge in [-0.15, -0.1) is 0 Å². The molecular weight excluding hydrogens is 418 g/mol. The number of anilines is 2. The minimum absolute atomic E-state index is 0.205. The second kappa shape index (κ2) is 8.57. The minimum Gasteiger partial charge on any atom is -0.333 e. The van der Waals surface area contributed by atoms with E-state index in [1.807, 2.05) is 0 Å². The molecule has 1 aromatic carbocycles. The van der Waals surface area contributed by atoms with E-state index in [1.165, 1.54) is 6.08 Å². The summed E-state index contributed by atoms with van der Waals surface area (Å²) in [7, 11) is 0. The van der Waals surface area contributed by atoms with Crippen molar-refractivity contribution in [2.24, 2.45) is 0 Å². The first kappa shape index (κ1) is 21.7. The summed E-state index contributed by atoms with van der Waals surface area (Å²) in [6.07, 6.45) is 3.10. The van der Waals surface area contributed by atoms with E-state index >= 15 is 4.39 Å². The van der Waals surface area contributed by atoms with Gasteiger partial charge in [0.2, 0.25) is 0 Å². The lowest BCUT2D eigenvalue weighted by molar-refractivity contribution is -0.0976. The quantitative estimate of drug-likeness (QED) is 0.415. The van der Waals surface area contributed by atoms with E-state index in [0.29, 0.717) is 16.9 Å². The highest BCUT2D eigenvalue weighted by atomic mass is 19.4. The Labute approximate surface area is 183 Å². The number of benzene rings is 1. The van der Waals surface area contributed by atoms with Crippen LogP contribution in [0.15, 0.2) is 97.1 Å². The summed E-state index contributed by atoms with van der Waals surface area (Å²) in [5.74, 6) is 0. The van der Waals surface area contributed by atoms with Gasteiger partial charge in [-0.05, 0) is 42.3 Å². The fraction of sp³-hybridized carbons (Fsp3) is 0.200. The summed E-state index contributed by atoms with van der Waals surface area (Å²) in [5, 5.41) is 0. The molecule has 4 rings (SSSR count). The SMILES string of the molecule is CC(N(c1cccnc1)c1cccnc1)C1(F)CC(C(F)(F)F)=CC=C1c1ccccc1. The van der Waals surface area contributed by atoms with Crippen LogP contribution in [0.5, 0.6) is 0 Å². The molecule has 3 nitrogen and oxygen atoms in total. The van der Waals surface area contributed by atoms with Crippen molar-refractivity contribution in [3.8, 4) is 0 Å². The summed E-state index contributed by atoms with van der Waals surface area (Å²) < 4.78 is 57.9. The topological polar surface area (TPSA) is 29.0 Å². The number of rotatable bonds is 5. The van der Waals surface area contributed by atoms with Crippen molar-refractivity contribution >= 4 is 16.9 Å². The van der Waals surface area contributed by atoms with Crippen LogP contribution in [0, 0.1) is 0 Å². The van der Waals surface area contributed by atoms with Gasteiger partial charge in [0, 0.05) is 24.4 Å². The minimum atomic E-state index is -4.62. The molecule has 0 N–H and O–H groups in total. The molecule has 0 fully saturated rings. The molecule has 0 bridgehead atoms. The van der Waals surface area contributed by atoms with Crippen LogP contribution in [-0.2, 0) is 0 Å². The fourth-order valence-electron chi connectivity index (χ4n) is 4.07. The lowest BCUT2D eigenvalue weighted by Crippen LogP contribution is -2.49. The lowest BCUT2D eigenvalue weighted by atomic mass is 9.75. The average molecular weight is 439 g/mol.